The van der Waals surface area contributed by atoms with E-state index in [0.717, 1.165) is 31.6 Å². The average molecular weight is 266 g/mol. The number of hydrogen-bond donors (Lipinski definition) is 2. The Morgan fingerprint density at radius 3 is 2.84 bits per heavy atom. The monoisotopic (exact) mass is 266 g/mol. The molecule has 1 heterocycles. The van der Waals surface area contributed by atoms with E-state index in [9.17, 15) is 0 Å². The highest BCUT2D eigenvalue weighted by atomic mass is 16.7. The van der Waals surface area contributed by atoms with Gasteiger partial charge < -0.3 is 14.2 Å². The number of hydrazine groups is 1. The van der Waals surface area contributed by atoms with Crippen LogP contribution in [-0.2, 0) is 22.3 Å². The van der Waals surface area contributed by atoms with Crippen LogP contribution in [0.3, 0.4) is 0 Å². The summed E-state index contributed by atoms with van der Waals surface area (Å²) in [5, 5.41) is 0. The summed E-state index contributed by atoms with van der Waals surface area (Å²) in [5.41, 5.74) is 5.34. The predicted octanol–water partition coefficient (Wildman–Crippen LogP) is 1.00. The summed E-state index contributed by atoms with van der Waals surface area (Å²) in [6.07, 6.45) is 2.44. The third kappa shape index (κ3) is 3.45. The van der Waals surface area contributed by atoms with Crippen molar-refractivity contribution in [2.75, 3.05) is 20.8 Å². The Labute approximate surface area is 114 Å². The molecule has 0 aliphatic carbocycles. The van der Waals surface area contributed by atoms with E-state index in [4.69, 9.17) is 20.1 Å². The molecule has 0 aromatic heterocycles. The molecule has 0 saturated heterocycles. The fraction of sp³-hybridized carbons (Fsp3) is 0.571. The highest BCUT2D eigenvalue weighted by molar-refractivity contribution is 5.39. The van der Waals surface area contributed by atoms with Crippen molar-refractivity contribution in [1.29, 1.82) is 0 Å². The van der Waals surface area contributed by atoms with Crippen LogP contribution in [0.1, 0.15) is 17.5 Å². The lowest BCUT2D eigenvalue weighted by Crippen LogP contribution is -2.46. The highest BCUT2D eigenvalue weighted by Gasteiger charge is 2.19. The van der Waals surface area contributed by atoms with Crippen molar-refractivity contribution in [1.82, 2.24) is 5.43 Å². The van der Waals surface area contributed by atoms with Crippen LogP contribution in [0.2, 0.25) is 0 Å². The van der Waals surface area contributed by atoms with Crippen LogP contribution in [0.4, 0.5) is 0 Å². The number of ether oxygens (including phenoxy) is 3. The zero-order chi connectivity index (χ0) is 13.7. The van der Waals surface area contributed by atoms with Crippen LogP contribution in [0.5, 0.6) is 5.75 Å². The first kappa shape index (κ1) is 14.3. The Balaban J connectivity index is 1.93. The average Bonchev–Trinajstić information content (AvgIpc) is 2.90. The number of nitrogens with two attached hydrogens (primary N) is 1. The standard InChI is InChI=1S/C14H22N2O3/c1-17-14(18-2)12(16-15)5-3-10-4-6-13-11(9-10)7-8-19-13/h4,6,9,12,14,16H,3,5,7-8,15H2,1-2H3. The fourth-order valence-electron chi connectivity index (χ4n) is 2.44. The minimum Gasteiger partial charge on any atom is -0.493 e. The van der Waals surface area contributed by atoms with Gasteiger partial charge in [0, 0.05) is 20.6 Å². The smallest absolute Gasteiger partial charge is 0.173 e. The molecule has 1 unspecified atom stereocenters. The quantitative estimate of drug-likeness (QED) is 0.438. The molecular formula is C14H22N2O3. The van der Waals surface area contributed by atoms with Gasteiger partial charge >= 0.3 is 0 Å². The van der Waals surface area contributed by atoms with E-state index in [1.807, 2.05) is 6.07 Å². The van der Waals surface area contributed by atoms with Gasteiger partial charge in [-0.1, -0.05) is 12.1 Å². The molecule has 5 nitrogen and oxygen atoms in total. The SMILES string of the molecule is COC(OC)C(CCc1ccc2c(c1)CCO2)NN. The topological polar surface area (TPSA) is 65.7 Å². The van der Waals surface area contributed by atoms with E-state index in [1.165, 1.54) is 11.1 Å². The number of benzene rings is 1. The Kier molecular flexibility index (Phi) is 5.15. The normalized spacial score (nSPS) is 15.4. The highest BCUT2D eigenvalue weighted by Crippen LogP contribution is 2.26. The van der Waals surface area contributed by atoms with E-state index >= 15 is 0 Å². The van der Waals surface area contributed by atoms with Crippen molar-refractivity contribution in [3.63, 3.8) is 0 Å². The molecular weight excluding hydrogens is 244 g/mol. The second-order valence-electron chi connectivity index (χ2n) is 4.69. The lowest BCUT2D eigenvalue weighted by atomic mass is 10.0. The molecule has 2 rings (SSSR count). The lowest BCUT2D eigenvalue weighted by molar-refractivity contribution is -0.124. The number of nitrogens with one attached hydrogen (secondary N) is 1. The summed E-state index contributed by atoms with van der Waals surface area (Å²) in [6, 6.07) is 6.34. The van der Waals surface area contributed by atoms with E-state index in [1.54, 1.807) is 14.2 Å². The molecule has 1 aliphatic heterocycles. The molecule has 1 aromatic carbocycles. The van der Waals surface area contributed by atoms with Crippen molar-refractivity contribution in [2.24, 2.45) is 5.84 Å². The van der Waals surface area contributed by atoms with Crippen LogP contribution >= 0.6 is 0 Å². The van der Waals surface area contributed by atoms with Gasteiger partial charge in [-0.2, -0.15) is 0 Å². The molecule has 0 saturated carbocycles. The fourth-order valence-corrected chi connectivity index (χ4v) is 2.44. The zero-order valence-electron chi connectivity index (χ0n) is 11.5. The molecule has 3 N–H and O–H groups in total. The van der Waals surface area contributed by atoms with E-state index in [2.05, 4.69) is 17.6 Å². The third-order valence-corrected chi connectivity index (χ3v) is 3.51. The van der Waals surface area contributed by atoms with Gasteiger partial charge in [-0.15, -0.1) is 0 Å². The van der Waals surface area contributed by atoms with Gasteiger partial charge in [0.25, 0.3) is 0 Å². The van der Waals surface area contributed by atoms with Crippen LogP contribution in [-0.4, -0.2) is 33.2 Å². The Bertz CT molecular complexity index is 408. The first-order valence-corrected chi connectivity index (χ1v) is 6.54. The molecule has 1 aliphatic rings. The number of hydrogen-bond acceptors (Lipinski definition) is 5. The summed E-state index contributed by atoms with van der Waals surface area (Å²) in [6.45, 7) is 0.793. The maximum Gasteiger partial charge on any atom is 0.173 e. The zero-order valence-corrected chi connectivity index (χ0v) is 11.5. The number of rotatable bonds is 7. The van der Waals surface area contributed by atoms with Crippen LogP contribution < -0.4 is 16.0 Å². The van der Waals surface area contributed by atoms with Crippen molar-refractivity contribution in [3.8, 4) is 5.75 Å². The van der Waals surface area contributed by atoms with E-state index in [0.29, 0.717) is 0 Å². The summed E-state index contributed by atoms with van der Waals surface area (Å²) in [7, 11) is 3.23. The van der Waals surface area contributed by atoms with Crippen molar-refractivity contribution in [2.45, 2.75) is 31.6 Å². The Hall–Kier alpha value is -1.14. The first-order chi connectivity index (χ1) is 9.28. The number of fused-ring (bicyclic) bond motifs is 1. The molecule has 106 valence electrons. The number of methoxy groups -OCH3 is 2. The molecule has 0 radical (unpaired) electrons. The molecule has 1 aromatic rings. The molecule has 0 spiro atoms. The molecule has 19 heavy (non-hydrogen) atoms. The van der Waals surface area contributed by atoms with Gasteiger partial charge in [0.1, 0.15) is 5.75 Å². The van der Waals surface area contributed by atoms with Crippen LogP contribution in [0, 0.1) is 0 Å². The summed E-state index contributed by atoms with van der Waals surface area (Å²) >= 11 is 0. The second-order valence-corrected chi connectivity index (χ2v) is 4.69. The second kappa shape index (κ2) is 6.86. The summed E-state index contributed by atoms with van der Waals surface area (Å²) in [5.74, 6) is 6.57. The van der Waals surface area contributed by atoms with Gasteiger partial charge in [-0.3, -0.25) is 11.3 Å². The van der Waals surface area contributed by atoms with Gasteiger partial charge in [-0.25, -0.2) is 0 Å². The maximum atomic E-state index is 5.55. The molecule has 1 atom stereocenters. The summed E-state index contributed by atoms with van der Waals surface area (Å²) < 4.78 is 16.0. The maximum absolute atomic E-state index is 5.55. The van der Waals surface area contributed by atoms with Crippen LogP contribution in [0.15, 0.2) is 18.2 Å². The first-order valence-electron chi connectivity index (χ1n) is 6.54. The largest absolute Gasteiger partial charge is 0.493 e. The van der Waals surface area contributed by atoms with Gasteiger partial charge in [-0.05, 0) is 30.0 Å². The van der Waals surface area contributed by atoms with Crippen molar-refractivity contribution < 1.29 is 14.2 Å². The van der Waals surface area contributed by atoms with Gasteiger partial charge in [0.15, 0.2) is 6.29 Å². The third-order valence-electron chi connectivity index (χ3n) is 3.51. The van der Waals surface area contributed by atoms with E-state index in [-0.39, 0.29) is 12.3 Å². The van der Waals surface area contributed by atoms with Crippen molar-refractivity contribution in [3.05, 3.63) is 29.3 Å². The Morgan fingerprint density at radius 2 is 2.16 bits per heavy atom. The van der Waals surface area contributed by atoms with Crippen molar-refractivity contribution >= 4 is 0 Å². The summed E-state index contributed by atoms with van der Waals surface area (Å²) in [4.78, 5) is 0. The van der Waals surface area contributed by atoms with Gasteiger partial charge in [0.2, 0.25) is 0 Å². The van der Waals surface area contributed by atoms with Crippen LogP contribution in [0.25, 0.3) is 0 Å². The molecule has 0 bridgehead atoms. The predicted molar refractivity (Wildman–Crippen MR) is 72.9 cm³/mol. The molecule has 5 heteroatoms. The van der Waals surface area contributed by atoms with Gasteiger partial charge in [0.05, 0.1) is 12.6 Å². The minimum atomic E-state index is -0.331. The Morgan fingerprint density at radius 1 is 1.37 bits per heavy atom. The lowest BCUT2D eigenvalue weighted by Gasteiger charge is -2.23. The molecule has 0 amide bonds. The number of aryl methyl sites for hydroxylation is 1. The van der Waals surface area contributed by atoms with E-state index < -0.39 is 0 Å². The minimum absolute atomic E-state index is 0.0282. The molecule has 0 fully saturated rings.